The molecule has 0 bridgehead atoms. The Morgan fingerprint density at radius 2 is 2.00 bits per heavy atom. The molecule has 7 nitrogen and oxygen atoms in total. The maximum absolute atomic E-state index is 12.4. The molecule has 1 aliphatic rings. The molecule has 4 rings (SSSR count). The van der Waals surface area contributed by atoms with Crippen LogP contribution in [0.1, 0.15) is 42.5 Å². The molecule has 1 aliphatic heterocycles. The molecule has 1 atom stereocenters. The number of hydrogen-bond acceptors (Lipinski definition) is 6. The van der Waals surface area contributed by atoms with E-state index < -0.39 is 0 Å². The molecule has 1 saturated heterocycles. The molecule has 1 aromatic carbocycles. The summed E-state index contributed by atoms with van der Waals surface area (Å²) in [5.41, 5.74) is 4.01. The molecule has 2 aromatic heterocycles. The van der Waals surface area contributed by atoms with E-state index in [0.29, 0.717) is 12.4 Å². The van der Waals surface area contributed by atoms with Crippen molar-refractivity contribution in [2.75, 3.05) is 26.8 Å². The van der Waals surface area contributed by atoms with E-state index in [1.54, 1.807) is 25.6 Å². The Morgan fingerprint density at radius 3 is 2.75 bits per heavy atom. The van der Waals surface area contributed by atoms with Crippen LogP contribution in [-0.2, 0) is 6.54 Å². The zero-order valence-corrected chi connectivity index (χ0v) is 18.9. The molecule has 0 spiro atoms. The zero-order chi connectivity index (χ0) is 22.5. The van der Waals surface area contributed by atoms with Crippen LogP contribution < -0.4 is 15.0 Å². The third-order valence-corrected chi connectivity index (χ3v) is 5.96. The highest BCUT2D eigenvalue weighted by Crippen LogP contribution is 2.33. The van der Waals surface area contributed by atoms with Crippen molar-refractivity contribution >= 4 is 0 Å². The van der Waals surface area contributed by atoms with Gasteiger partial charge in [0.25, 0.3) is 5.56 Å². The Kier molecular flexibility index (Phi) is 6.85. The van der Waals surface area contributed by atoms with Crippen molar-refractivity contribution < 1.29 is 9.47 Å². The van der Waals surface area contributed by atoms with Crippen LogP contribution in [0.5, 0.6) is 11.5 Å². The number of methoxy groups -OCH3 is 1. The molecule has 32 heavy (non-hydrogen) atoms. The van der Waals surface area contributed by atoms with Crippen LogP contribution in [-0.4, -0.2) is 46.7 Å². The smallest absolute Gasteiger partial charge is 0.251 e. The number of H-pyrrole nitrogens is 1. The van der Waals surface area contributed by atoms with Gasteiger partial charge in [-0.3, -0.25) is 14.7 Å². The first kappa shape index (κ1) is 22.0. The predicted octanol–water partition coefficient (Wildman–Crippen LogP) is 3.93. The quantitative estimate of drug-likeness (QED) is 0.607. The van der Waals surface area contributed by atoms with Gasteiger partial charge >= 0.3 is 0 Å². The fourth-order valence-electron chi connectivity index (χ4n) is 4.32. The Labute approximate surface area is 188 Å². The molecule has 0 aliphatic carbocycles. The summed E-state index contributed by atoms with van der Waals surface area (Å²) in [6.45, 7) is 7.39. The Balaban J connectivity index is 1.54. The van der Waals surface area contributed by atoms with Gasteiger partial charge < -0.3 is 14.5 Å². The monoisotopic (exact) mass is 434 g/mol. The highest BCUT2D eigenvalue weighted by Gasteiger charge is 2.24. The van der Waals surface area contributed by atoms with Crippen LogP contribution in [0.15, 0.2) is 47.5 Å². The minimum absolute atomic E-state index is 0.119. The first-order valence-electron chi connectivity index (χ1n) is 11.1. The number of piperidine rings is 1. The molecule has 0 radical (unpaired) electrons. The summed E-state index contributed by atoms with van der Waals surface area (Å²) in [4.78, 5) is 26.5. The lowest BCUT2D eigenvalue weighted by Crippen LogP contribution is -2.35. The summed E-state index contributed by atoms with van der Waals surface area (Å²) >= 11 is 0. The van der Waals surface area contributed by atoms with Crippen molar-refractivity contribution in [3.63, 3.8) is 0 Å². The second-order valence-electron chi connectivity index (χ2n) is 8.19. The van der Waals surface area contributed by atoms with Gasteiger partial charge in [-0.2, -0.15) is 0 Å². The van der Waals surface area contributed by atoms with E-state index >= 15 is 0 Å². The number of likely N-dealkylation sites (tertiary alicyclic amines) is 1. The summed E-state index contributed by atoms with van der Waals surface area (Å²) in [5, 5.41) is 0. The van der Waals surface area contributed by atoms with Crippen LogP contribution >= 0.6 is 0 Å². The van der Waals surface area contributed by atoms with Gasteiger partial charge in [-0.05, 0) is 68.6 Å². The van der Waals surface area contributed by atoms with Crippen LogP contribution in [0, 0.1) is 6.92 Å². The van der Waals surface area contributed by atoms with Gasteiger partial charge in [-0.25, -0.2) is 4.98 Å². The topological polar surface area (TPSA) is 80.3 Å². The molecule has 1 unspecified atom stereocenters. The van der Waals surface area contributed by atoms with Crippen molar-refractivity contribution in [1.29, 1.82) is 0 Å². The molecular weight excluding hydrogens is 404 g/mol. The molecule has 1 fully saturated rings. The lowest BCUT2D eigenvalue weighted by molar-refractivity contribution is 0.197. The third-order valence-electron chi connectivity index (χ3n) is 5.96. The van der Waals surface area contributed by atoms with Crippen molar-refractivity contribution in [3.8, 4) is 22.9 Å². The molecule has 0 amide bonds. The van der Waals surface area contributed by atoms with Crippen LogP contribution in [0.3, 0.4) is 0 Å². The van der Waals surface area contributed by atoms with Gasteiger partial charge in [-0.1, -0.05) is 0 Å². The first-order valence-corrected chi connectivity index (χ1v) is 11.1. The van der Waals surface area contributed by atoms with E-state index in [9.17, 15) is 4.79 Å². The average molecular weight is 435 g/mol. The van der Waals surface area contributed by atoms with E-state index in [0.717, 1.165) is 55.2 Å². The lowest BCUT2D eigenvalue weighted by atomic mass is 9.93. The molecule has 7 heteroatoms. The van der Waals surface area contributed by atoms with Crippen molar-refractivity contribution in [2.24, 2.45) is 0 Å². The minimum atomic E-state index is -0.119. The van der Waals surface area contributed by atoms with Crippen LogP contribution in [0.25, 0.3) is 11.4 Å². The van der Waals surface area contributed by atoms with Gasteiger partial charge in [0, 0.05) is 43.0 Å². The van der Waals surface area contributed by atoms with E-state index in [1.807, 2.05) is 25.1 Å². The number of aromatic nitrogens is 3. The number of nitrogens with one attached hydrogen (secondary N) is 1. The summed E-state index contributed by atoms with van der Waals surface area (Å²) in [7, 11) is 1.67. The second-order valence-corrected chi connectivity index (χ2v) is 8.19. The molecular formula is C25H30N4O3. The Bertz CT molecular complexity index is 1110. The van der Waals surface area contributed by atoms with E-state index in [1.165, 1.54) is 11.1 Å². The van der Waals surface area contributed by atoms with Gasteiger partial charge in [0.15, 0.2) is 11.5 Å². The number of aryl methyl sites for hydroxylation is 1. The van der Waals surface area contributed by atoms with Gasteiger partial charge in [0.05, 0.1) is 19.4 Å². The number of pyridine rings is 1. The van der Waals surface area contributed by atoms with Crippen molar-refractivity contribution in [3.05, 3.63) is 69.9 Å². The normalized spacial score (nSPS) is 16.7. The number of nitrogens with zero attached hydrogens (tertiary/aromatic N) is 3. The summed E-state index contributed by atoms with van der Waals surface area (Å²) < 4.78 is 11.2. The van der Waals surface area contributed by atoms with Crippen LogP contribution in [0.4, 0.5) is 0 Å². The number of ether oxygens (including phenoxy) is 2. The number of aromatic amines is 1. The number of hydrogen-bond donors (Lipinski definition) is 1. The molecule has 0 saturated carbocycles. The molecule has 3 aromatic rings. The van der Waals surface area contributed by atoms with E-state index in [2.05, 4.69) is 27.9 Å². The number of benzene rings is 1. The maximum Gasteiger partial charge on any atom is 0.251 e. The molecule has 168 valence electrons. The van der Waals surface area contributed by atoms with Crippen molar-refractivity contribution in [1.82, 2.24) is 19.9 Å². The Hall–Kier alpha value is -3.19. The van der Waals surface area contributed by atoms with E-state index in [-0.39, 0.29) is 11.5 Å². The zero-order valence-electron chi connectivity index (χ0n) is 18.9. The SMILES string of the molecule is CCOc1cc(CN2CCCC(c3cc(=O)[nH]c(-c4ccncc4)n3)C2)c(C)cc1OC. The largest absolute Gasteiger partial charge is 0.493 e. The predicted molar refractivity (Wildman–Crippen MR) is 124 cm³/mol. The fraction of sp³-hybridized carbons (Fsp3) is 0.400. The molecule has 1 N–H and O–H groups in total. The van der Waals surface area contributed by atoms with Gasteiger partial charge in [0.2, 0.25) is 0 Å². The maximum atomic E-state index is 12.4. The minimum Gasteiger partial charge on any atom is -0.493 e. The summed E-state index contributed by atoms with van der Waals surface area (Å²) in [5.74, 6) is 2.36. The lowest BCUT2D eigenvalue weighted by Gasteiger charge is -2.33. The van der Waals surface area contributed by atoms with Crippen molar-refractivity contribution in [2.45, 2.75) is 39.2 Å². The second kappa shape index (κ2) is 9.96. The standard InChI is InChI=1S/C25H30N4O3/c1-4-32-23-13-20(17(2)12-22(23)31-3)16-29-11-5-6-19(15-29)21-14-24(30)28-25(27-21)18-7-9-26-10-8-18/h7-10,12-14,19H,4-6,11,15-16H2,1-3H3,(H,27,28,30). The number of rotatable bonds is 7. The van der Waals surface area contributed by atoms with E-state index in [4.69, 9.17) is 14.5 Å². The molecule has 3 heterocycles. The average Bonchev–Trinajstić information content (AvgIpc) is 2.81. The summed E-state index contributed by atoms with van der Waals surface area (Å²) in [6.07, 6.45) is 5.50. The van der Waals surface area contributed by atoms with Gasteiger partial charge in [-0.15, -0.1) is 0 Å². The highest BCUT2D eigenvalue weighted by molar-refractivity contribution is 5.53. The van der Waals surface area contributed by atoms with Gasteiger partial charge in [0.1, 0.15) is 5.82 Å². The van der Waals surface area contributed by atoms with Crippen LogP contribution in [0.2, 0.25) is 0 Å². The fourth-order valence-corrected chi connectivity index (χ4v) is 4.32. The Morgan fingerprint density at radius 1 is 1.19 bits per heavy atom. The third kappa shape index (κ3) is 4.99. The summed E-state index contributed by atoms with van der Waals surface area (Å²) in [6, 6.07) is 9.50. The highest BCUT2D eigenvalue weighted by atomic mass is 16.5. The first-order chi connectivity index (χ1) is 15.6.